The summed E-state index contributed by atoms with van der Waals surface area (Å²) < 4.78 is 25.4. The number of nitrogens with one attached hydrogen (secondary N) is 1. The van der Waals surface area contributed by atoms with Crippen molar-refractivity contribution in [3.63, 3.8) is 0 Å². The van der Waals surface area contributed by atoms with Gasteiger partial charge in [0.2, 0.25) is 5.92 Å². The van der Waals surface area contributed by atoms with E-state index in [9.17, 15) is 8.78 Å². The van der Waals surface area contributed by atoms with Crippen LogP contribution < -0.4 is 5.32 Å². The van der Waals surface area contributed by atoms with E-state index in [1.165, 1.54) is 0 Å². The van der Waals surface area contributed by atoms with Gasteiger partial charge in [-0.1, -0.05) is 0 Å². The molecule has 0 spiro atoms. The molecule has 2 nitrogen and oxygen atoms in total. The monoisotopic (exact) mass is 193 g/mol. The SMILES string of the molecule is OCCCNC1CCC(F)(F)CC1. The third-order valence-electron chi connectivity index (χ3n) is 2.49. The Morgan fingerprint density at radius 2 is 1.92 bits per heavy atom. The number of aliphatic hydroxyl groups is 1. The minimum Gasteiger partial charge on any atom is -0.396 e. The van der Waals surface area contributed by atoms with Crippen molar-refractivity contribution >= 4 is 0 Å². The number of hydrogen-bond donors (Lipinski definition) is 2. The van der Waals surface area contributed by atoms with Crippen molar-refractivity contribution < 1.29 is 13.9 Å². The predicted molar refractivity (Wildman–Crippen MR) is 46.9 cm³/mol. The Morgan fingerprint density at radius 1 is 1.31 bits per heavy atom. The van der Waals surface area contributed by atoms with E-state index in [4.69, 9.17) is 5.11 Å². The van der Waals surface area contributed by atoms with E-state index in [2.05, 4.69) is 5.32 Å². The largest absolute Gasteiger partial charge is 0.396 e. The van der Waals surface area contributed by atoms with Crippen LogP contribution in [0.1, 0.15) is 32.1 Å². The van der Waals surface area contributed by atoms with Gasteiger partial charge in [0.1, 0.15) is 0 Å². The molecule has 0 bridgehead atoms. The summed E-state index contributed by atoms with van der Waals surface area (Å²) in [7, 11) is 0. The van der Waals surface area contributed by atoms with Gasteiger partial charge >= 0.3 is 0 Å². The Labute approximate surface area is 77.3 Å². The van der Waals surface area contributed by atoms with Crippen LogP contribution in [0, 0.1) is 0 Å². The molecule has 1 fully saturated rings. The van der Waals surface area contributed by atoms with Crippen LogP contribution in [0.25, 0.3) is 0 Å². The third kappa shape index (κ3) is 4.00. The lowest BCUT2D eigenvalue weighted by molar-refractivity contribution is -0.0404. The minimum atomic E-state index is -2.44. The first-order chi connectivity index (χ1) is 6.14. The zero-order valence-electron chi connectivity index (χ0n) is 7.73. The third-order valence-corrected chi connectivity index (χ3v) is 2.49. The highest BCUT2D eigenvalue weighted by atomic mass is 19.3. The van der Waals surface area contributed by atoms with E-state index < -0.39 is 5.92 Å². The van der Waals surface area contributed by atoms with Crippen molar-refractivity contribution in [1.29, 1.82) is 0 Å². The fourth-order valence-corrected chi connectivity index (χ4v) is 1.63. The van der Waals surface area contributed by atoms with Gasteiger partial charge in [0.15, 0.2) is 0 Å². The van der Waals surface area contributed by atoms with Gasteiger partial charge in [-0.05, 0) is 25.8 Å². The summed E-state index contributed by atoms with van der Waals surface area (Å²) in [5, 5.41) is 11.7. The van der Waals surface area contributed by atoms with Crippen LogP contribution >= 0.6 is 0 Å². The van der Waals surface area contributed by atoms with E-state index in [0.717, 1.165) is 6.54 Å². The van der Waals surface area contributed by atoms with Gasteiger partial charge in [-0.3, -0.25) is 0 Å². The summed E-state index contributed by atoms with van der Waals surface area (Å²) >= 11 is 0. The Morgan fingerprint density at radius 3 is 2.46 bits per heavy atom. The summed E-state index contributed by atoms with van der Waals surface area (Å²) in [4.78, 5) is 0. The molecule has 1 rings (SSSR count). The second-order valence-electron chi connectivity index (χ2n) is 3.66. The molecule has 13 heavy (non-hydrogen) atoms. The molecule has 0 aliphatic heterocycles. The molecule has 0 unspecified atom stereocenters. The maximum absolute atomic E-state index is 12.7. The minimum absolute atomic E-state index is 0.00376. The molecule has 1 aliphatic rings. The van der Waals surface area contributed by atoms with Gasteiger partial charge < -0.3 is 10.4 Å². The van der Waals surface area contributed by atoms with Gasteiger partial charge in [0.05, 0.1) is 0 Å². The molecule has 0 aromatic rings. The van der Waals surface area contributed by atoms with E-state index in [1.807, 2.05) is 0 Å². The molecule has 0 saturated heterocycles. The fourth-order valence-electron chi connectivity index (χ4n) is 1.63. The first kappa shape index (κ1) is 10.9. The van der Waals surface area contributed by atoms with Crippen LogP contribution in [-0.2, 0) is 0 Å². The molecular weight excluding hydrogens is 176 g/mol. The van der Waals surface area contributed by atoms with Crippen molar-refractivity contribution in [1.82, 2.24) is 5.32 Å². The van der Waals surface area contributed by atoms with Crippen molar-refractivity contribution in [3.05, 3.63) is 0 Å². The van der Waals surface area contributed by atoms with Crippen LogP contribution in [0.2, 0.25) is 0 Å². The maximum Gasteiger partial charge on any atom is 0.248 e. The molecule has 0 heterocycles. The molecule has 0 aromatic carbocycles. The molecule has 0 amide bonds. The zero-order valence-corrected chi connectivity index (χ0v) is 7.73. The first-order valence-electron chi connectivity index (χ1n) is 4.86. The topological polar surface area (TPSA) is 32.3 Å². The number of hydrogen-bond acceptors (Lipinski definition) is 2. The van der Waals surface area contributed by atoms with Crippen LogP contribution in [-0.4, -0.2) is 30.2 Å². The standard InChI is InChI=1S/C9H17F2NO/c10-9(11)4-2-8(3-5-9)12-6-1-7-13/h8,12-13H,1-7H2. The van der Waals surface area contributed by atoms with Crippen molar-refractivity contribution in [2.45, 2.75) is 44.1 Å². The summed E-state index contributed by atoms with van der Waals surface area (Å²) in [6.07, 6.45) is 1.82. The summed E-state index contributed by atoms with van der Waals surface area (Å²) in [6.45, 7) is 0.891. The molecule has 1 aliphatic carbocycles. The van der Waals surface area contributed by atoms with Crippen molar-refractivity contribution in [2.24, 2.45) is 0 Å². The highest BCUT2D eigenvalue weighted by molar-refractivity contribution is 4.81. The smallest absolute Gasteiger partial charge is 0.248 e. The normalized spacial score (nSPS) is 23.3. The second-order valence-corrected chi connectivity index (χ2v) is 3.66. The number of alkyl halides is 2. The van der Waals surface area contributed by atoms with Crippen LogP contribution in [0.3, 0.4) is 0 Å². The number of halogens is 2. The summed E-state index contributed by atoms with van der Waals surface area (Å²) in [5.74, 6) is -2.44. The number of aliphatic hydroxyl groups excluding tert-OH is 1. The van der Waals surface area contributed by atoms with Crippen molar-refractivity contribution in [3.8, 4) is 0 Å². The average Bonchev–Trinajstić information content (AvgIpc) is 2.08. The average molecular weight is 193 g/mol. The lowest BCUT2D eigenvalue weighted by atomic mass is 9.92. The van der Waals surface area contributed by atoms with Gasteiger partial charge in [0.25, 0.3) is 0 Å². The van der Waals surface area contributed by atoms with Gasteiger partial charge in [0, 0.05) is 25.5 Å². The van der Waals surface area contributed by atoms with E-state index in [1.54, 1.807) is 0 Å². The predicted octanol–water partition coefficient (Wildman–Crippen LogP) is 1.54. The maximum atomic E-state index is 12.7. The molecule has 2 N–H and O–H groups in total. The fraction of sp³-hybridized carbons (Fsp3) is 1.00. The second kappa shape index (κ2) is 4.86. The van der Waals surface area contributed by atoms with Crippen LogP contribution in [0.5, 0.6) is 0 Å². The van der Waals surface area contributed by atoms with Gasteiger partial charge in [-0.15, -0.1) is 0 Å². The van der Waals surface area contributed by atoms with Gasteiger partial charge in [-0.2, -0.15) is 0 Å². The summed E-state index contributed by atoms with van der Waals surface area (Å²) in [5.41, 5.74) is 0. The quantitative estimate of drug-likeness (QED) is 0.664. The highest BCUT2D eigenvalue weighted by Crippen LogP contribution is 2.32. The van der Waals surface area contributed by atoms with E-state index >= 15 is 0 Å². The van der Waals surface area contributed by atoms with Crippen LogP contribution in [0.4, 0.5) is 8.78 Å². The van der Waals surface area contributed by atoms with E-state index in [0.29, 0.717) is 19.3 Å². The molecule has 1 saturated carbocycles. The molecule has 0 radical (unpaired) electrons. The molecule has 0 atom stereocenters. The lowest BCUT2D eigenvalue weighted by Gasteiger charge is -2.28. The molecule has 0 aromatic heterocycles. The molecular formula is C9H17F2NO. The van der Waals surface area contributed by atoms with Crippen LogP contribution in [0.15, 0.2) is 0 Å². The Bertz CT molecular complexity index is 143. The first-order valence-corrected chi connectivity index (χ1v) is 4.86. The Balaban J connectivity index is 2.11. The zero-order chi connectivity index (χ0) is 9.73. The van der Waals surface area contributed by atoms with Crippen molar-refractivity contribution in [2.75, 3.05) is 13.2 Å². The molecule has 4 heteroatoms. The number of rotatable bonds is 4. The summed E-state index contributed by atoms with van der Waals surface area (Å²) in [6, 6.07) is 0.228. The Hall–Kier alpha value is -0.220. The van der Waals surface area contributed by atoms with Gasteiger partial charge in [-0.25, -0.2) is 8.78 Å². The molecule has 78 valence electrons. The lowest BCUT2D eigenvalue weighted by Crippen LogP contribution is -2.37. The highest BCUT2D eigenvalue weighted by Gasteiger charge is 2.34. The van der Waals surface area contributed by atoms with E-state index in [-0.39, 0.29) is 25.5 Å². The Kier molecular flexibility index (Phi) is 4.06.